The fourth-order valence-electron chi connectivity index (χ4n) is 3.39. The molecule has 0 saturated carbocycles. The second-order valence-corrected chi connectivity index (χ2v) is 8.09. The largest absolute Gasteiger partial charge is 0.482 e. The molecule has 2 aromatic heterocycles. The number of thiazole rings is 1. The van der Waals surface area contributed by atoms with Crippen molar-refractivity contribution in [2.24, 2.45) is 10.1 Å². The predicted molar refractivity (Wildman–Crippen MR) is 124 cm³/mol. The molecular formula is C23H25N5O2S. The van der Waals surface area contributed by atoms with E-state index in [2.05, 4.69) is 24.1 Å². The summed E-state index contributed by atoms with van der Waals surface area (Å²) in [4.78, 5) is 21.5. The quantitative estimate of drug-likeness (QED) is 0.532. The van der Waals surface area contributed by atoms with E-state index in [4.69, 9.17) is 14.8 Å². The number of hydrogen-bond acceptors (Lipinski definition) is 6. The van der Waals surface area contributed by atoms with Gasteiger partial charge in [0.05, 0.1) is 23.3 Å². The van der Waals surface area contributed by atoms with E-state index in [0.717, 1.165) is 53.1 Å². The lowest BCUT2D eigenvalue weighted by molar-refractivity contribution is -0.118. The van der Waals surface area contributed by atoms with E-state index in [1.165, 1.54) is 11.3 Å². The van der Waals surface area contributed by atoms with E-state index in [-0.39, 0.29) is 12.5 Å². The van der Waals surface area contributed by atoms with Gasteiger partial charge in [0.1, 0.15) is 5.75 Å². The molecule has 160 valence electrons. The van der Waals surface area contributed by atoms with Crippen LogP contribution in [0.4, 0.5) is 11.4 Å². The van der Waals surface area contributed by atoms with E-state index < -0.39 is 0 Å². The number of ether oxygens (including phenoxy) is 1. The smallest absolute Gasteiger partial charge is 0.262 e. The van der Waals surface area contributed by atoms with Crippen molar-refractivity contribution in [1.29, 1.82) is 0 Å². The molecular weight excluding hydrogens is 410 g/mol. The van der Waals surface area contributed by atoms with Gasteiger partial charge >= 0.3 is 0 Å². The van der Waals surface area contributed by atoms with Crippen LogP contribution in [0.5, 0.6) is 5.75 Å². The Morgan fingerprint density at radius 3 is 2.84 bits per heavy atom. The van der Waals surface area contributed by atoms with Crippen LogP contribution in [0.15, 0.2) is 58.2 Å². The highest BCUT2D eigenvalue weighted by atomic mass is 32.1. The Morgan fingerprint density at radius 2 is 2.10 bits per heavy atom. The first-order valence-corrected chi connectivity index (χ1v) is 11.3. The highest BCUT2D eigenvalue weighted by Gasteiger charge is 2.18. The number of carbonyl (C=O) groups excluding carboxylic acids is 1. The molecule has 0 saturated heterocycles. The molecule has 0 spiro atoms. The van der Waals surface area contributed by atoms with E-state index in [9.17, 15) is 4.79 Å². The highest BCUT2D eigenvalue weighted by Crippen LogP contribution is 2.33. The fraction of sp³-hybridized carbons (Fsp3) is 0.304. The Kier molecular flexibility index (Phi) is 6.57. The van der Waals surface area contributed by atoms with Gasteiger partial charge < -0.3 is 10.1 Å². The minimum Gasteiger partial charge on any atom is -0.482 e. The van der Waals surface area contributed by atoms with Crippen LogP contribution in [0.3, 0.4) is 0 Å². The van der Waals surface area contributed by atoms with Gasteiger partial charge in [-0.2, -0.15) is 5.10 Å². The molecule has 3 heterocycles. The number of fused-ring (bicyclic) bond motifs is 1. The van der Waals surface area contributed by atoms with Crippen molar-refractivity contribution in [3.63, 3.8) is 0 Å². The van der Waals surface area contributed by atoms with Crippen LogP contribution >= 0.6 is 11.3 Å². The summed E-state index contributed by atoms with van der Waals surface area (Å²) >= 11 is 1.52. The summed E-state index contributed by atoms with van der Waals surface area (Å²) in [6.07, 6.45) is 7.42. The van der Waals surface area contributed by atoms with Crippen LogP contribution in [0.1, 0.15) is 39.5 Å². The van der Waals surface area contributed by atoms with Gasteiger partial charge in [0.25, 0.3) is 5.91 Å². The molecule has 0 aliphatic carbocycles. The van der Waals surface area contributed by atoms with Crippen molar-refractivity contribution in [3.05, 3.63) is 52.9 Å². The van der Waals surface area contributed by atoms with E-state index in [0.29, 0.717) is 11.4 Å². The van der Waals surface area contributed by atoms with Crippen molar-refractivity contribution < 1.29 is 9.53 Å². The number of anilines is 1. The normalized spacial score (nSPS) is 13.4. The van der Waals surface area contributed by atoms with Crippen LogP contribution in [0.2, 0.25) is 0 Å². The van der Waals surface area contributed by atoms with Crippen LogP contribution in [-0.4, -0.2) is 27.9 Å². The standard InChI is InChI=1S/C23H25N5O2S/c1-3-6-17(7-4-2)27-28-20(15-31-23(28)25-18-8-5-11-24-13-18)16-9-10-21-19(12-16)26-22(29)14-30-21/h5,8-13,15H,3-4,6-7,14H2,1-2H3,(H,26,29). The number of hydrogen-bond donors (Lipinski definition) is 1. The van der Waals surface area contributed by atoms with Gasteiger partial charge in [-0.25, -0.2) is 9.67 Å². The number of benzene rings is 1. The van der Waals surface area contributed by atoms with Gasteiger partial charge in [-0.15, -0.1) is 11.3 Å². The lowest BCUT2D eigenvalue weighted by atomic mass is 10.1. The van der Waals surface area contributed by atoms with E-state index in [1.807, 2.05) is 40.4 Å². The minimum absolute atomic E-state index is 0.0423. The third-order valence-electron chi connectivity index (χ3n) is 4.78. The molecule has 1 aromatic carbocycles. The zero-order chi connectivity index (χ0) is 21.6. The molecule has 0 unspecified atom stereocenters. The molecule has 1 amide bonds. The maximum atomic E-state index is 11.8. The first-order chi connectivity index (χ1) is 15.2. The maximum absolute atomic E-state index is 11.8. The zero-order valence-electron chi connectivity index (χ0n) is 17.7. The number of amides is 1. The van der Waals surface area contributed by atoms with Crippen LogP contribution in [-0.2, 0) is 4.79 Å². The molecule has 7 nitrogen and oxygen atoms in total. The second kappa shape index (κ2) is 9.70. The number of carbonyl (C=O) groups is 1. The zero-order valence-corrected chi connectivity index (χ0v) is 18.5. The fourth-order valence-corrected chi connectivity index (χ4v) is 4.24. The molecule has 3 aromatic rings. The number of nitrogens with zero attached hydrogens (tertiary/aromatic N) is 4. The second-order valence-electron chi connectivity index (χ2n) is 7.25. The molecule has 1 aliphatic heterocycles. The maximum Gasteiger partial charge on any atom is 0.262 e. The summed E-state index contributed by atoms with van der Waals surface area (Å²) in [5, 5.41) is 9.93. The van der Waals surface area contributed by atoms with Crippen molar-refractivity contribution in [1.82, 2.24) is 9.66 Å². The summed E-state index contributed by atoms with van der Waals surface area (Å²) in [5.41, 5.74) is 4.44. The van der Waals surface area contributed by atoms with E-state index in [1.54, 1.807) is 12.4 Å². The summed E-state index contributed by atoms with van der Waals surface area (Å²) in [6, 6.07) is 9.58. The molecule has 1 N–H and O–H groups in total. The van der Waals surface area contributed by atoms with Crippen molar-refractivity contribution in [3.8, 4) is 17.0 Å². The highest BCUT2D eigenvalue weighted by molar-refractivity contribution is 7.07. The van der Waals surface area contributed by atoms with Gasteiger partial charge in [0.15, 0.2) is 6.61 Å². The van der Waals surface area contributed by atoms with Crippen molar-refractivity contribution in [2.45, 2.75) is 39.5 Å². The summed E-state index contributed by atoms with van der Waals surface area (Å²) in [5.74, 6) is 0.521. The predicted octanol–water partition coefficient (Wildman–Crippen LogP) is 4.98. The Bertz CT molecular complexity index is 1160. The third kappa shape index (κ3) is 4.91. The average molecular weight is 436 g/mol. The number of nitrogens with one attached hydrogen (secondary N) is 1. The van der Waals surface area contributed by atoms with Gasteiger partial charge in [-0.3, -0.25) is 9.78 Å². The number of rotatable bonds is 7. The number of pyridine rings is 1. The van der Waals surface area contributed by atoms with Crippen LogP contribution in [0, 0.1) is 0 Å². The minimum atomic E-state index is -0.152. The molecule has 0 bridgehead atoms. The first-order valence-electron chi connectivity index (χ1n) is 10.5. The van der Waals surface area contributed by atoms with E-state index >= 15 is 0 Å². The first kappa shape index (κ1) is 21.0. The lowest BCUT2D eigenvalue weighted by Gasteiger charge is -2.18. The van der Waals surface area contributed by atoms with Gasteiger partial charge in [-0.1, -0.05) is 26.7 Å². The van der Waals surface area contributed by atoms with Gasteiger partial charge in [0, 0.05) is 22.9 Å². The monoisotopic (exact) mass is 435 g/mol. The summed E-state index contributed by atoms with van der Waals surface area (Å²) in [6.45, 7) is 4.37. The molecule has 0 atom stereocenters. The Balaban J connectivity index is 1.85. The van der Waals surface area contributed by atoms with Gasteiger partial charge in [-0.05, 0) is 43.2 Å². The van der Waals surface area contributed by atoms with Gasteiger partial charge in [0.2, 0.25) is 4.80 Å². The molecule has 31 heavy (non-hydrogen) atoms. The van der Waals surface area contributed by atoms with Crippen LogP contribution in [0.25, 0.3) is 11.3 Å². The molecule has 8 heteroatoms. The molecule has 4 rings (SSSR count). The molecule has 0 radical (unpaired) electrons. The van der Waals surface area contributed by atoms with Crippen LogP contribution < -0.4 is 14.9 Å². The lowest BCUT2D eigenvalue weighted by Crippen LogP contribution is -2.25. The van der Waals surface area contributed by atoms with Crippen molar-refractivity contribution >= 4 is 34.3 Å². The Morgan fingerprint density at radius 1 is 1.26 bits per heavy atom. The van der Waals surface area contributed by atoms with Crippen molar-refractivity contribution in [2.75, 3.05) is 11.9 Å². The molecule has 0 fully saturated rings. The summed E-state index contributed by atoms with van der Waals surface area (Å²) in [7, 11) is 0. The Hall–Kier alpha value is -3.26. The third-order valence-corrected chi connectivity index (χ3v) is 5.60. The topological polar surface area (TPSA) is 80.9 Å². The molecule has 1 aliphatic rings. The number of aromatic nitrogens is 2. The summed E-state index contributed by atoms with van der Waals surface area (Å²) < 4.78 is 7.41. The Labute approximate surface area is 185 Å². The SMILES string of the molecule is CCCC(CCC)=Nn1c(-c2ccc3c(c2)NC(=O)CO3)csc1=Nc1cccnc1. The average Bonchev–Trinajstić information content (AvgIpc) is 3.16.